The maximum atomic E-state index is 12.4. The van der Waals surface area contributed by atoms with Gasteiger partial charge in [-0.1, -0.05) is 5.16 Å². The summed E-state index contributed by atoms with van der Waals surface area (Å²) in [5, 5.41) is 3.79. The van der Waals surface area contributed by atoms with E-state index < -0.39 is 0 Å². The molecule has 22 heavy (non-hydrogen) atoms. The fourth-order valence-corrected chi connectivity index (χ4v) is 2.60. The second kappa shape index (κ2) is 6.09. The molecule has 0 aliphatic carbocycles. The molecule has 1 saturated heterocycles. The van der Waals surface area contributed by atoms with Crippen LogP contribution in [0.3, 0.4) is 0 Å². The van der Waals surface area contributed by atoms with Crippen molar-refractivity contribution in [3.8, 4) is 5.75 Å². The van der Waals surface area contributed by atoms with E-state index in [1.165, 1.54) is 6.26 Å². The molecule has 2 heterocycles. The molecule has 0 saturated carbocycles. The Bertz CT molecular complexity index is 643. The zero-order valence-corrected chi connectivity index (χ0v) is 12.8. The van der Waals surface area contributed by atoms with Crippen LogP contribution in [0, 0.1) is 6.92 Å². The second-order valence-electron chi connectivity index (χ2n) is 5.32. The quantitative estimate of drug-likeness (QED) is 0.867. The number of ether oxygens (including phenoxy) is 1. The minimum atomic E-state index is -0.0550. The van der Waals surface area contributed by atoms with Gasteiger partial charge in [-0.15, -0.1) is 0 Å². The van der Waals surface area contributed by atoms with Crippen LogP contribution in [0.1, 0.15) is 16.1 Å². The Kier molecular flexibility index (Phi) is 4.00. The van der Waals surface area contributed by atoms with Gasteiger partial charge in [0.05, 0.1) is 7.11 Å². The molecule has 1 aliphatic heterocycles. The first-order valence-electron chi connectivity index (χ1n) is 7.28. The smallest absolute Gasteiger partial charge is 0.276 e. The SMILES string of the molecule is COc1ccc(N2CCN(C(=O)c3nocc3C)CC2)cc1. The first kappa shape index (κ1) is 14.4. The van der Waals surface area contributed by atoms with E-state index in [4.69, 9.17) is 9.26 Å². The average Bonchev–Trinajstić information content (AvgIpc) is 3.00. The van der Waals surface area contributed by atoms with Gasteiger partial charge >= 0.3 is 0 Å². The summed E-state index contributed by atoms with van der Waals surface area (Å²) in [6.07, 6.45) is 1.50. The van der Waals surface area contributed by atoms with Gasteiger partial charge in [-0.25, -0.2) is 0 Å². The Hall–Kier alpha value is -2.50. The molecule has 0 N–H and O–H groups in total. The third-order valence-electron chi connectivity index (χ3n) is 3.95. The maximum absolute atomic E-state index is 12.4. The Balaban J connectivity index is 1.62. The van der Waals surface area contributed by atoms with Crippen LogP contribution in [-0.2, 0) is 0 Å². The fourth-order valence-electron chi connectivity index (χ4n) is 2.60. The predicted molar refractivity (Wildman–Crippen MR) is 82.4 cm³/mol. The number of hydrogen-bond donors (Lipinski definition) is 0. The van der Waals surface area contributed by atoms with Crippen LogP contribution >= 0.6 is 0 Å². The lowest BCUT2D eigenvalue weighted by molar-refractivity contribution is 0.0735. The van der Waals surface area contributed by atoms with Gasteiger partial charge < -0.3 is 19.1 Å². The number of anilines is 1. The summed E-state index contributed by atoms with van der Waals surface area (Å²) in [4.78, 5) is 16.5. The van der Waals surface area contributed by atoms with Crippen LogP contribution in [0.5, 0.6) is 5.75 Å². The van der Waals surface area contributed by atoms with Crippen molar-refractivity contribution in [2.45, 2.75) is 6.92 Å². The molecule has 0 radical (unpaired) electrons. The molecule has 6 heteroatoms. The van der Waals surface area contributed by atoms with Gasteiger partial charge in [-0.3, -0.25) is 4.79 Å². The molecule has 3 rings (SSSR count). The highest BCUT2D eigenvalue weighted by molar-refractivity contribution is 5.93. The first-order chi connectivity index (χ1) is 10.7. The van der Waals surface area contributed by atoms with Crippen LogP contribution in [0.2, 0.25) is 0 Å². The first-order valence-corrected chi connectivity index (χ1v) is 7.28. The summed E-state index contributed by atoms with van der Waals surface area (Å²) in [6.45, 7) is 4.79. The van der Waals surface area contributed by atoms with Crippen molar-refractivity contribution in [3.63, 3.8) is 0 Å². The van der Waals surface area contributed by atoms with Crippen molar-refractivity contribution in [3.05, 3.63) is 41.8 Å². The molecule has 0 unspecified atom stereocenters. The number of rotatable bonds is 3. The van der Waals surface area contributed by atoms with Crippen LogP contribution in [0.25, 0.3) is 0 Å². The number of piperazine rings is 1. The highest BCUT2D eigenvalue weighted by atomic mass is 16.5. The van der Waals surface area contributed by atoms with E-state index >= 15 is 0 Å². The molecule has 2 aromatic rings. The van der Waals surface area contributed by atoms with E-state index in [1.807, 2.05) is 36.1 Å². The zero-order chi connectivity index (χ0) is 15.5. The average molecular weight is 301 g/mol. The van der Waals surface area contributed by atoms with E-state index in [0.29, 0.717) is 18.8 Å². The molecule has 1 aromatic heterocycles. The number of aryl methyl sites for hydroxylation is 1. The number of benzene rings is 1. The molecule has 0 bridgehead atoms. The molecule has 1 amide bonds. The van der Waals surface area contributed by atoms with Crippen molar-refractivity contribution in [1.82, 2.24) is 10.1 Å². The third-order valence-corrected chi connectivity index (χ3v) is 3.95. The maximum Gasteiger partial charge on any atom is 0.276 e. The topological polar surface area (TPSA) is 58.8 Å². The van der Waals surface area contributed by atoms with Gasteiger partial charge in [0.25, 0.3) is 5.91 Å². The molecule has 116 valence electrons. The number of aromatic nitrogens is 1. The molecular formula is C16H19N3O3. The largest absolute Gasteiger partial charge is 0.497 e. The second-order valence-corrected chi connectivity index (χ2v) is 5.32. The summed E-state index contributed by atoms with van der Waals surface area (Å²) in [5.74, 6) is 0.791. The number of methoxy groups -OCH3 is 1. The van der Waals surface area contributed by atoms with Crippen LogP contribution in [0.15, 0.2) is 35.1 Å². The van der Waals surface area contributed by atoms with E-state index in [1.54, 1.807) is 7.11 Å². The summed E-state index contributed by atoms with van der Waals surface area (Å²) in [6, 6.07) is 7.98. The molecule has 1 fully saturated rings. The highest BCUT2D eigenvalue weighted by Crippen LogP contribution is 2.21. The number of nitrogens with zero attached hydrogens (tertiary/aromatic N) is 3. The van der Waals surface area contributed by atoms with Crippen LogP contribution < -0.4 is 9.64 Å². The number of hydrogen-bond acceptors (Lipinski definition) is 5. The molecule has 0 spiro atoms. The fraction of sp³-hybridized carbons (Fsp3) is 0.375. The Morgan fingerprint density at radius 2 is 1.86 bits per heavy atom. The van der Waals surface area contributed by atoms with E-state index in [2.05, 4.69) is 10.1 Å². The summed E-state index contributed by atoms with van der Waals surface area (Å²) >= 11 is 0. The van der Waals surface area contributed by atoms with Crippen molar-refractivity contribution in [2.75, 3.05) is 38.2 Å². The lowest BCUT2D eigenvalue weighted by atomic mass is 10.2. The van der Waals surface area contributed by atoms with E-state index in [9.17, 15) is 4.79 Å². The highest BCUT2D eigenvalue weighted by Gasteiger charge is 2.25. The van der Waals surface area contributed by atoms with Crippen molar-refractivity contribution < 1.29 is 14.1 Å². The number of amides is 1. The standard InChI is InChI=1S/C16H19N3O3/c1-12-11-22-17-15(12)16(20)19-9-7-18(8-10-19)13-3-5-14(21-2)6-4-13/h3-6,11H,7-10H2,1-2H3. The zero-order valence-electron chi connectivity index (χ0n) is 12.8. The van der Waals surface area contributed by atoms with Gasteiger partial charge in [0.1, 0.15) is 12.0 Å². The molecule has 0 atom stereocenters. The van der Waals surface area contributed by atoms with E-state index in [-0.39, 0.29) is 5.91 Å². The van der Waals surface area contributed by atoms with Gasteiger partial charge in [-0.2, -0.15) is 0 Å². The van der Waals surface area contributed by atoms with Gasteiger partial charge in [0.2, 0.25) is 0 Å². The van der Waals surface area contributed by atoms with Gasteiger partial charge in [0, 0.05) is 37.4 Å². The molecule has 1 aromatic carbocycles. The van der Waals surface area contributed by atoms with Crippen molar-refractivity contribution >= 4 is 11.6 Å². The lowest BCUT2D eigenvalue weighted by Gasteiger charge is -2.35. The van der Waals surface area contributed by atoms with Crippen LogP contribution in [0.4, 0.5) is 5.69 Å². The molecule has 1 aliphatic rings. The molecular weight excluding hydrogens is 282 g/mol. The van der Waals surface area contributed by atoms with Crippen molar-refractivity contribution in [1.29, 1.82) is 0 Å². The monoisotopic (exact) mass is 301 g/mol. The summed E-state index contributed by atoms with van der Waals surface area (Å²) in [5.41, 5.74) is 2.34. The third kappa shape index (κ3) is 2.77. The van der Waals surface area contributed by atoms with Crippen molar-refractivity contribution in [2.24, 2.45) is 0 Å². The van der Waals surface area contributed by atoms with E-state index in [0.717, 1.165) is 30.1 Å². The number of carbonyl (C=O) groups is 1. The minimum Gasteiger partial charge on any atom is -0.497 e. The van der Waals surface area contributed by atoms with Gasteiger partial charge in [-0.05, 0) is 31.2 Å². The van der Waals surface area contributed by atoms with Crippen LogP contribution in [-0.4, -0.2) is 49.3 Å². The minimum absolute atomic E-state index is 0.0550. The normalized spacial score (nSPS) is 15.0. The Labute approximate surface area is 129 Å². The Morgan fingerprint density at radius 3 is 2.41 bits per heavy atom. The summed E-state index contributed by atoms with van der Waals surface area (Å²) in [7, 11) is 1.66. The number of carbonyl (C=O) groups excluding carboxylic acids is 1. The predicted octanol–water partition coefficient (Wildman–Crippen LogP) is 1.95. The molecule has 6 nitrogen and oxygen atoms in total. The lowest BCUT2D eigenvalue weighted by Crippen LogP contribution is -2.49. The summed E-state index contributed by atoms with van der Waals surface area (Å²) < 4.78 is 10.0. The van der Waals surface area contributed by atoms with Gasteiger partial charge in [0.15, 0.2) is 5.69 Å². The Morgan fingerprint density at radius 1 is 1.18 bits per heavy atom.